The molecule has 2 aromatic heterocycles. The van der Waals surface area contributed by atoms with Crippen LogP contribution in [0, 0.1) is 12.7 Å². The number of amides is 1. The van der Waals surface area contributed by atoms with Crippen LogP contribution < -0.4 is 10.9 Å². The maximum atomic E-state index is 13.3. The summed E-state index contributed by atoms with van der Waals surface area (Å²) in [7, 11) is 0. The van der Waals surface area contributed by atoms with E-state index in [-0.39, 0.29) is 29.0 Å². The van der Waals surface area contributed by atoms with Crippen molar-refractivity contribution < 1.29 is 9.18 Å². The number of hydrogen-bond donors (Lipinski definition) is 2. The van der Waals surface area contributed by atoms with Gasteiger partial charge < -0.3 is 5.32 Å². The van der Waals surface area contributed by atoms with Crippen LogP contribution in [0.4, 0.5) is 4.39 Å². The van der Waals surface area contributed by atoms with Gasteiger partial charge in [0.1, 0.15) is 11.4 Å². The summed E-state index contributed by atoms with van der Waals surface area (Å²) in [6.45, 7) is 1.72. The first-order valence-electron chi connectivity index (χ1n) is 9.28. The molecule has 0 saturated heterocycles. The van der Waals surface area contributed by atoms with Crippen LogP contribution in [0.2, 0.25) is 5.02 Å². The molecule has 4 rings (SSSR count). The van der Waals surface area contributed by atoms with Gasteiger partial charge in [0.05, 0.1) is 0 Å². The standard InChI is InChI=1S/C20H20ClFN4O2/c1-11-15(8-12-6-7-13(22)9-17(12)21)20(28)26-18(24-11)16(10-23-26)19(27)25-14-4-2-3-5-14/h6-7,9-10,14,23H,2-5,8H2,1H3,(H,25,27). The van der Waals surface area contributed by atoms with Gasteiger partial charge in [-0.3, -0.25) is 14.7 Å². The first-order valence-corrected chi connectivity index (χ1v) is 9.66. The number of H-pyrrole nitrogens is 1. The van der Waals surface area contributed by atoms with E-state index < -0.39 is 5.82 Å². The molecular formula is C20H20ClFN4O2. The first-order chi connectivity index (χ1) is 13.4. The molecule has 0 spiro atoms. The van der Waals surface area contributed by atoms with Crippen LogP contribution in [-0.4, -0.2) is 26.5 Å². The van der Waals surface area contributed by atoms with Crippen molar-refractivity contribution in [3.05, 3.63) is 68.0 Å². The number of fused-ring (bicyclic) bond motifs is 1. The van der Waals surface area contributed by atoms with E-state index >= 15 is 0 Å². The molecule has 0 aliphatic heterocycles. The van der Waals surface area contributed by atoms with Gasteiger partial charge in [0, 0.05) is 34.9 Å². The van der Waals surface area contributed by atoms with Gasteiger partial charge in [-0.25, -0.2) is 13.9 Å². The number of aromatic nitrogens is 3. The van der Waals surface area contributed by atoms with Crippen LogP contribution in [0.1, 0.15) is 52.9 Å². The summed E-state index contributed by atoms with van der Waals surface area (Å²) in [6, 6.07) is 4.26. The van der Waals surface area contributed by atoms with Gasteiger partial charge in [-0.05, 0) is 37.5 Å². The number of aromatic amines is 1. The quantitative estimate of drug-likeness (QED) is 0.702. The smallest absolute Gasteiger partial charge is 0.276 e. The Morgan fingerprint density at radius 3 is 2.86 bits per heavy atom. The van der Waals surface area contributed by atoms with E-state index in [0.29, 0.717) is 28.0 Å². The number of carbonyl (C=O) groups is 1. The average Bonchev–Trinajstić information content (AvgIpc) is 3.30. The van der Waals surface area contributed by atoms with Crippen LogP contribution in [0.15, 0.2) is 29.2 Å². The summed E-state index contributed by atoms with van der Waals surface area (Å²) < 4.78 is 14.5. The second kappa shape index (κ2) is 7.39. The van der Waals surface area contributed by atoms with Crippen molar-refractivity contribution in [3.8, 4) is 0 Å². The van der Waals surface area contributed by atoms with Gasteiger partial charge in [0.25, 0.3) is 11.5 Å². The minimum absolute atomic E-state index is 0.176. The fraction of sp³-hybridized carbons (Fsp3) is 0.350. The third kappa shape index (κ3) is 3.42. The molecule has 1 aliphatic carbocycles. The summed E-state index contributed by atoms with van der Waals surface area (Å²) in [6.07, 6.45) is 5.91. The number of carbonyl (C=O) groups excluding carboxylic acids is 1. The number of aryl methyl sites for hydroxylation is 1. The van der Waals surface area contributed by atoms with E-state index in [9.17, 15) is 14.0 Å². The van der Waals surface area contributed by atoms with Crippen molar-refractivity contribution in [2.75, 3.05) is 0 Å². The van der Waals surface area contributed by atoms with E-state index in [4.69, 9.17) is 11.6 Å². The van der Waals surface area contributed by atoms with Crippen molar-refractivity contribution in [1.29, 1.82) is 0 Å². The Labute approximate surface area is 165 Å². The second-order valence-corrected chi connectivity index (χ2v) is 7.60. The zero-order valence-electron chi connectivity index (χ0n) is 15.4. The van der Waals surface area contributed by atoms with Gasteiger partial charge in [-0.1, -0.05) is 30.5 Å². The fourth-order valence-corrected chi connectivity index (χ4v) is 3.95. The summed E-state index contributed by atoms with van der Waals surface area (Å²) in [4.78, 5) is 30.1. The lowest BCUT2D eigenvalue weighted by molar-refractivity contribution is 0.0939. The van der Waals surface area contributed by atoms with Gasteiger partial charge in [-0.2, -0.15) is 0 Å². The minimum Gasteiger partial charge on any atom is -0.349 e. The molecule has 8 heteroatoms. The molecule has 28 heavy (non-hydrogen) atoms. The molecule has 1 aliphatic rings. The number of hydrogen-bond acceptors (Lipinski definition) is 3. The summed E-state index contributed by atoms with van der Waals surface area (Å²) in [5.41, 5.74) is 1.93. The van der Waals surface area contributed by atoms with Crippen molar-refractivity contribution in [1.82, 2.24) is 19.9 Å². The third-order valence-corrected chi connectivity index (χ3v) is 5.63. The van der Waals surface area contributed by atoms with Crippen molar-refractivity contribution in [2.45, 2.75) is 45.1 Å². The summed E-state index contributed by atoms with van der Waals surface area (Å²) >= 11 is 6.10. The van der Waals surface area contributed by atoms with E-state index in [2.05, 4.69) is 15.4 Å². The zero-order chi connectivity index (χ0) is 19.8. The Hall–Kier alpha value is -2.67. The Morgan fingerprint density at radius 1 is 1.39 bits per heavy atom. The highest BCUT2D eigenvalue weighted by molar-refractivity contribution is 6.31. The van der Waals surface area contributed by atoms with E-state index in [1.165, 1.54) is 22.8 Å². The molecule has 2 heterocycles. The van der Waals surface area contributed by atoms with E-state index in [1.807, 2.05) is 0 Å². The van der Waals surface area contributed by atoms with Crippen LogP contribution in [-0.2, 0) is 6.42 Å². The van der Waals surface area contributed by atoms with Crippen LogP contribution >= 0.6 is 11.6 Å². The molecule has 0 unspecified atom stereocenters. The Balaban J connectivity index is 1.69. The molecule has 3 aromatic rings. The number of rotatable bonds is 4. The SMILES string of the molecule is Cc1nc2c(C(=O)NC3CCCC3)c[nH]n2c(=O)c1Cc1ccc(F)cc1Cl. The van der Waals surface area contributed by atoms with Gasteiger partial charge in [-0.15, -0.1) is 0 Å². The number of halogens is 2. The topological polar surface area (TPSA) is 79.3 Å². The lowest BCUT2D eigenvalue weighted by atomic mass is 10.0. The average molecular weight is 403 g/mol. The van der Waals surface area contributed by atoms with Crippen molar-refractivity contribution in [2.24, 2.45) is 0 Å². The molecule has 146 valence electrons. The predicted molar refractivity (Wildman–Crippen MR) is 104 cm³/mol. The van der Waals surface area contributed by atoms with Crippen molar-refractivity contribution in [3.63, 3.8) is 0 Å². The molecule has 1 amide bonds. The van der Waals surface area contributed by atoms with Crippen LogP contribution in [0.5, 0.6) is 0 Å². The zero-order valence-corrected chi connectivity index (χ0v) is 16.1. The minimum atomic E-state index is -0.432. The molecule has 1 saturated carbocycles. The highest BCUT2D eigenvalue weighted by Crippen LogP contribution is 2.21. The monoisotopic (exact) mass is 402 g/mol. The number of nitrogens with one attached hydrogen (secondary N) is 2. The Morgan fingerprint density at radius 2 is 2.14 bits per heavy atom. The summed E-state index contributed by atoms with van der Waals surface area (Å²) in [5.74, 6) is -0.663. The maximum Gasteiger partial charge on any atom is 0.276 e. The van der Waals surface area contributed by atoms with E-state index in [0.717, 1.165) is 25.7 Å². The largest absolute Gasteiger partial charge is 0.349 e. The Kier molecular flexibility index (Phi) is 4.93. The van der Waals surface area contributed by atoms with Gasteiger partial charge in [0.2, 0.25) is 0 Å². The van der Waals surface area contributed by atoms with Crippen LogP contribution in [0.25, 0.3) is 5.65 Å². The molecule has 0 atom stereocenters. The molecule has 0 radical (unpaired) electrons. The molecular weight excluding hydrogens is 383 g/mol. The Bertz CT molecular complexity index is 1120. The number of benzene rings is 1. The third-order valence-electron chi connectivity index (χ3n) is 5.28. The molecule has 1 fully saturated rings. The number of nitrogens with zero attached hydrogens (tertiary/aromatic N) is 2. The van der Waals surface area contributed by atoms with Gasteiger partial charge >= 0.3 is 0 Å². The highest BCUT2D eigenvalue weighted by atomic mass is 35.5. The molecule has 6 nitrogen and oxygen atoms in total. The lowest BCUT2D eigenvalue weighted by Crippen LogP contribution is -2.32. The van der Waals surface area contributed by atoms with Gasteiger partial charge in [0.15, 0.2) is 5.65 Å². The summed E-state index contributed by atoms with van der Waals surface area (Å²) in [5, 5.41) is 6.10. The second-order valence-electron chi connectivity index (χ2n) is 7.19. The lowest BCUT2D eigenvalue weighted by Gasteiger charge is -2.11. The molecule has 0 bridgehead atoms. The maximum absolute atomic E-state index is 13.3. The molecule has 1 aromatic carbocycles. The van der Waals surface area contributed by atoms with Crippen LogP contribution in [0.3, 0.4) is 0 Å². The fourth-order valence-electron chi connectivity index (χ4n) is 3.72. The van der Waals surface area contributed by atoms with E-state index in [1.54, 1.807) is 13.0 Å². The molecule has 2 N–H and O–H groups in total. The first kappa shape index (κ1) is 18.7. The predicted octanol–water partition coefficient (Wildman–Crippen LogP) is 3.39. The normalized spacial score (nSPS) is 14.7. The van der Waals surface area contributed by atoms with Crippen molar-refractivity contribution >= 4 is 23.2 Å². The highest BCUT2D eigenvalue weighted by Gasteiger charge is 2.22.